The number of hydrogen-bond donors (Lipinski definition) is 0. The Hall–Kier alpha value is -0.430. The molecule has 0 fully saturated rings. The van der Waals surface area contributed by atoms with Gasteiger partial charge in [-0.05, 0) is 0 Å². The number of carbonyl (C=O) groups is 1. The number of hydrogen-bond acceptors (Lipinski definition) is 4. The largest absolute Gasteiger partial charge is 0.464 e. The quantitative estimate of drug-likeness (QED) is 0.484. The molecule has 0 saturated heterocycles. The monoisotopic (exact) mass is 208 g/mol. The smallest absolute Gasteiger partial charge is 0.454 e. The molecule has 0 aromatic carbocycles. The summed E-state index contributed by atoms with van der Waals surface area (Å²) in [4.78, 5) is 10.0. The van der Waals surface area contributed by atoms with Gasteiger partial charge in [0.2, 0.25) is 0 Å². The molecule has 0 atom stereocenters. The van der Waals surface area contributed by atoms with E-state index in [4.69, 9.17) is 0 Å². The Morgan fingerprint density at radius 3 is 2.00 bits per heavy atom. The van der Waals surface area contributed by atoms with Crippen molar-refractivity contribution in [1.82, 2.24) is 0 Å². The molecule has 66 valence electrons. The van der Waals surface area contributed by atoms with Gasteiger partial charge in [0.1, 0.15) is 0 Å². The fourth-order valence-corrected chi connectivity index (χ4v) is 0.690. The van der Waals surface area contributed by atoms with E-state index in [9.17, 15) is 22.0 Å². The molecule has 0 aliphatic heterocycles. The fraction of sp³-hybridized carbons (Fsp3) is 0.667. The van der Waals surface area contributed by atoms with Crippen LogP contribution in [0.15, 0.2) is 0 Å². The minimum Gasteiger partial charge on any atom is -0.464 e. The normalized spacial score (nSPS) is 12.7. The standard InChI is InChI=1S/C3H3ClF2O4S/c1-10-2(7)3(5,6)11(4,8)9/h1H3. The minimum atomic E-state index is -5.25. The highest BCUT2D eigenvalue weighted by Crippen LogP contribution is 2.26. The third-order valence-corrected chi connectivity index (χ3v) is 2.09. The van der Waals surface area contributed by atoms with E-state index in [0.29, 0.717) is 7.11 Å². The molecular weight excluding hydrogens is 206 g/mol. The first-order valence-electron chi connectivity index (χ1n) is 2.14. The van der Waals surface area contributed by atoms with Crippen molar-refractivity contribution in [2.24, 2.45) is 0 Å². The van der Waals surface area contributed by atoms with Gasteiger partial charge >= 0.3 is 20.3 Å². The fourth-order valence-electron chi connectivity index (χ4n) is 0.218. The van der Waals surface area contributed by atoms with Crippen molar-refractivity contribution in [3.05, 3.63) is 0 Å². The lowest BCUT2D eigenvalue weighted by Gasteiger charge is -2.08. The van der Waals surface area contributed by atoms with Crippen molar-refractivity contribution in [3.8, 4) is 0 Å². The number of halogens is 3. The molecule has 0 rings (SSSR count). The molecule has 0 aliphatic rings. The second-order valence-electron chi connectivity index (χ2n) is 1.45. The van der Waals surface area contributed by atoms with Gasteiger partial charge in [-0.15, -0.1) is 0 Å². The second kappa shape index (κ2) is 2.90. The number of alkyl halides is 2. The zero-order valence-electron chi connectivity index (χ0n) is 5.18. The summed E-state index contributed by atoms with van der Waals surface area (Å²) in [7, 11) is -0.406. The summed E-state index contributed by atoms with van der Waals surface area (Å²) in [5.41, 5.74) is 0. The van der Waals surface area contributed by atoms with Crippen molar-refractivity contribution in [3.63, 3.8) is 0 Å². The SMILES string of the molecule is COC(=O)C(F)(F)S(=O)(=O)Cl. The molecule has 0 aliphatic carbocycles. The van der Waals surface area contributed by atoms with Crippen molar-refractivity contribution < 1.29 is 26.7 Å². The Kier molecular flexibility index (Phi) is 2.79. The Morgan fingerprint density at radius 2 is 1.91 bits per heavy atom. The predicted octanol–water partition coefficient (Wildman–Crippen LogP) is 0.321. The maximum atomic E-state index is 12.1. The lowest BCUT2D eigenvalue weighted by atomic mass is 10.7. The molecule has 0 bridgehead atoms. The van der Waals surface area contributed by atoms with Gasteiger partial charge in [0, 0.05) is 10.7 Å². The van der Waals surface area contributed by atoms with Crippen LogP contribution in [-0.4, -0.2) is 26.8 Å². The van der Waals surface area contributed by atoms with Crippen molar-refractivity contribution in [2.45, 2.75) is 5.25 Å². The number of esters is 1. The lowest BCUT2D eigenvalue weighted by Crippen LogP contribution is -2.35. The molecule has 0 radical (unpaired) electrons. The van der Waals surface area contributed by atoms with E-state index >= 15 is 0 Å². The van der Waals surface area contributed by atoms with Gasteiger partial charge in [-0.3, -0.25) is 0 Å². The molecule has 11 heavy (non-hydrogen) atoms. The summed E-state index contributed by atoms with van der Waals surface area (Å²) in [6.07, 6.45) is 0. The van der Waals surface area contributed by atoms with Crippen LogP contribution >= 0.6 is 10.7 Å². The summed E-state index contributed by atoms with van der Waals surface area (Å²) in [5.74, 6) is -2.20. The van der Waals surface area contributed by atoms with Crippen LogP contribution in [0.5, 0.6) is 0 Å². The van der Waals surface area contributed by atoms with Gasteiger partial charge in [-0.2, -0.15) is 8.78 Å². The number of rotatable bonds is 2. The first-order chi connectivity index (χ1) is 4.73. The topological polar surface area (TPSA) is 60.4 Å². The Bertz CT molecular complexity index is 259. The molecule has 0 heterocycles. The van der Waals surface area contributed by atoms with Crippen LogP contribution in [0.3, 0.4) is 0 Å². The predicted molar refractivity (Wildman–Crippen MR) is 31.7 cm³/mol. The number of ether oxygens (including phenoxy) is 1. The summed E-state index contributed by atoms with van der Waals surface area (Å²) in [6.45, 7) is 0. The van der Waals surface area contributed by atoms with E-state index in [-0.39, 0.29) is 0 Å². The molecular formula is C3H3ClF2O4S. The van der Waals surface area contributed by atoms with Crippen LogP contribution in [0.25, 0.3) is 0 Å². The van der Waals surface area contributed by atoms with E-state index in [1.807, 2.05) is 0 Å². The zero-order chi connectivity index (χ0) is 9.28. The summed E-state index contributed by atoms with van der Waals surface area (Å²) >= 11 is 0. The van der Waals surface area contributed by atoms with E-state index < -0.39 is 20.3 Å². The lowest BCUT2D eigenvalue weighted by molar-refractivity contribution is -0.157. The van der Waals surface area contributed by atoms with Gasteiger partial charge in [0.15, 0.2) is 0 Å². The zero-order valence-corrected chi connectivity index (χ0v) is 6.75. The van der Waals surface area contributed by atoms with Crippen LogP contribution in [0.1, 0.15) is 0 Å². The van der Waals surface area contributed by atoms with E-state index in [0.717, 1.165) is 0 Å². The molecule has 0 saturated carbocycles. The van der Waals surface area contributed by atoms with Gasteiger partial charge in [0.05, 0.1) is 7.11 Å². The Balaban J connectivity index is 4.90. The molecule has 0 aromatic rings. The molecule has 4 nitrogen and oxygen atoms in total. The average Bonchev–Trinajstić information content (AvgIpc) is 1.83. The first kappa shape index (κ1) is 10.6. The van der Waals surface area contributed by atoms with E-state index in [1.165, 1.54) is 0 Å². The molecule has 0 aromatic heterocycles. The molecule has 0 amide bonds. The van der Waals surface area contributed by atoms with E-state index in [1.54, 1.807) is 0 Å². The van der Waals surface area contributed by atoms with Gasteiger partial charge < -0.3 is 4.74 Å². The van der Waals surface area contributed by atoms with Crippen LogP contribution < -0.4 is 0 Å². The summed E-state index contributed by atoms with van der Waals surface area (Å²) in [6, 6.07) is 0. The Labute approximate surface area is 65.5 Å². The highest BCUT2D eigenvalue weighted by atomic mass is 35.7. The molecule has 0 spiro atoms. The molecule has 8 heteroatoms. The van der Waals surface area contributed by atoms with Crippen LogP contribution in [-0.2, 0) is 18.6 Å². The van der Waals surface area contributed by atoms with Gasteiger partial charge in [0.25, 0.3) is 0 Å². The molecule has 0 unspecified atom stereocenters. The van der Waals surface area contributed by atoms with Crippen LogP contribution in [0.2, 0.25) is 0 Å². The van der Waals surface area contributed by atoms with Crippen LogP contribution in [0, 0.1) is 0 Å². The second-order valence-corrected chi connectivity index (χ2v) is 4.05. The third-order valence-electron chi connectivity index (χ3n) is 0.729. The minimum absolute atomic E-state index is 0.623. The Morgan fingerprint density at radius 1 is 1.55 bits per heavy atom. The van der Waals surface area contributed by atoms with Gasteiger partial charge in [-0.1, -0.05) is 0 Å². The first-order valence-corrected chi connectivity index (χ1v) is 4.45. The third kappa shape index (κ3) is 2.00. The van der Waals surface area contributed by atoms with Gasteiger partial charge in [-0.25, -0.2) is 13.2 Å². The van der Waals surface area contributed by atoms with Crippen molar-refractivity contribution in [2.75, 3.05) is 7.11 Å². The highest BCUT2D eigenvalue weighted by Gasteiger charge is 2.53. The highest BCUT2D eigenvalue weighted by molar-refractivity contribution is 8.15. The number of methoxy groups -OCH3 is 1. The number of carbonyl (C=O) groups excluding carboxylic acids is 1. The maximum absolute atomic E-state index is 12.1. The summed E-state index contributed by atoms with van der Waals surface area (Å²) < 4.78 is 47.7. The van der Waals surface area contributed by atoms with Crippen LogP contribution in [0.4, 0.5) is 8.78 Å². The van der Waals surface area contributed by atoms with Crippen molar-refractivity contribution >= 4 is 25.7 Å². The molecule has 0 N–H and O–H groups in total. The van der Waals surface area contributed by atoms with Crippen molar-refractivity contribution in [1.29, 1.82) is 0 Å². The van der Waals surface area contributed by atoms with E-state index in [2.05, 4.69) is 15.4 Å². The maximum Gasteiger partial charge on any atom is 0.454 e. The summed E-state index contributed by atoms with van der Waals surface area (Å²) in [5, 5.41) is -4.68. The average molecular weight is 209 g/mol.